The topological polar surface area (TPSA) is 12.4 Å². The summed E-state index contributed by atoms with van der Waals surface area (Å²) in [5.74, 6) is 0.628. The highest BCUT2D eigenvalue weighted by Crippen LogP contribution is 2.39. The fourth-order valence-electron chi connectivity index (χ4n) is 0.910. The van der Waals surface area contributed by atoms with Gasteiger partial charge in [-0.05, 0) is 31.9 Å². The molecular formula is C10H21N. The van der Waals surface area contributed by atoms with Crippen LogP contribution in [0.15, 0.2) is 4.99 Å². The molecule has 0 aliphatic heterocycles. The molecule has 1 heteroatoms. The van der Waals surface area contributed by atoms with Gasteiger partial charge in [-0.15, -0.1) is 0 Å². The van der Waals surface area contributed by atoms with E-state index < -0.39 is 0 Å². The molecule has 0 aliphatic carbocycles. The quantitative estimate of drug-likeness (QED) is 0.555. The molecule has 66 valence electrons. The normalized spacial score (nSPS) is 13.7. The average molecular weight is 155 g/mol. The molecule has 0 spiro atoms. The van der Waals surface area contributed by atoms with Crippen molar-refractivity contribution in [3.8, 4) is 0 Å². The summed E-state index contributed by atoms with van der Waals surface area (Å²) in [6.45, 7) is 16.9. The van der Waals surface area contributed by atoms with Gasteiger partial charge < -0.3 is 0 Å². The van der Waals surface area contributed by atoms with Crippen LogP contribution < -0.4 is 0 Å². The second kappa shape index (κ2) is 2.96. The SMILES string of the molecule is C=NC(C)(C)C(C)(C)C(C)C. The van der Waals surface area contributed by atoms with E-state index in [1.165, 1.54) is 0 Å². The lowest BCUT2D eigenvalue weighted by atomic mass is 9.67. The number of hydrogen-bond donors (Lipinski definition) is 0. The first-order valence-electron chi connectivity index (χ1n) is 4.23. The molecule has 0 atom stereocenters. The monoisotopic (exact) mass is 155 g/mol. The summed E-state index contributed by atoms with van der Waals surface area (Å²) >= 11 is 0. The van der Waals surface area contributed by atoms with Gasteiger partial charge in [0, 0.05) is 0 Å². The van der Waals surface area contributed by atoms with Crippen LogP contribution in [-0.2, 0) is 0 Å². The van der Waals surface area contributed by atoms with E-state index in [2.05, 4.69) is 53.3 Å². The van der Waals surface area contributed by atoms with Crippen LogP contribution in [0, 0.1) is 11.3 Å². The van der Waals surface area contributed by atoms with E-state index in [-0.39, 0.29) is 11.0 Å². The van der Waals surface area contributed by atoms with E-state index in [4.69, 9.17) is 0 Å². The molecule has 0 amide bonds. The molecule has 0 N–H and O–H groups in total. The fraction of sp³-hybridized carbons (Fsp3) is 0.900. The summed E-state index contributed by atoms with van der Waals surface area (Å²) in [6.07, 6.45) is 0. The van der Waals surface area contributed by atoms with Crippen LogP contribution >= 0.6 is 0 Å². The lowest BCUT2D eigenvalue weighted by Gasteiger charge is -2.41. The Morgan fingerprint density at radius 2 is 1.45 bits per heavy atom. The number of rotatable bonds is 3. The second-order valence-corrected chi connectivity index (χ2v) is 4.59. The van der Waals surface area contributed by atoms with Crippen molar-refractivity contribution in [1.29, 1.82) is 0 Å². The summed E-state index contributed by atoms with van der Waals surface area (Å²) in [7, 11) is 0. The fourth-order valence-corrected chi connectivity index (χ4v) is 0.910. The van der Waals surface area contributed by atoms with Gasteiger partial charge in [0.25, 0.3) is 0 Å². The molecule has 0 aliphatic rings. The predicted octanol–water partition coefficient (Wildman–Crippen LogP) is 3.15. The van der Waals surface area contributed by atoms with Crippen molar-refractivity contribution in [2.24, 2.45) is 16.3 Å². The minimum absolute atomic E-state index is 0.0266. The number of hydrogen-bond acceptors (Lipinski definition) is 1. The maximum atomic E-state index is 4.16. The van der Waals surface area contributed by atoms with Gasteiger partial charge in [0.1, 0.15) is 0 Å². The first-order chi connectivity index (χ1) is 4.75. The second-order valence-electron chi connectivity index (χ2n) is 4.59. The van der Waals surface area contributed by atoms with Gasteiger partial charge in [0.15, 0.2) is 0 Å². The minimum atomic E-state index is -0.0266. The third-order valence-electron chi connectivity index (χ3n) is 3.42. The molecule has 0 bridgehead atoms. The first-order valence-corrected chi connectivity index (χ1v) is 4.23. The van der Waals surface area contributed by atoms with Gasteiger partial charge >= 0.3 is 0 Å². The standard InChI is InChI=1S/C10H21N/c1-8(2)9(3,4)10(5,6)11-7/h8H,7H2,1-6H3. The van der Waals surface area contributed by atoms with E-state index in [9.17, 15) is 0 Å². The van der Waals surface area contributed by atoms with Crippen LogP contribution in [0.1, 0.15) is 41.5 Å². The van der Waals surface area contributed by atoms with Crippen molar-refractivity contribution in [3.63, 3.8) is 0 Å². The Labute approximate surface area is 70.9 Å². The Hall–Kier alpha value is -0.330. The van der Waals surface area contributed by atoms with Crippen molar-refractivity contribution in [2.75, 3.05) is 0 Å². The minimum Gasteiger partial charge on any atom is -0.294 e. The molecule has 0 unspecified atom stereocenters. The van der Waals surface area contributed by atoms with Crippen molar-refractivity contribution in [3.05, 3.63) is 0 Å². The zero-order valence-corrected chi connectivity index (χ0v) is 8.73. The summed E-state index contributed by atoms with van der Waals surface area (Å²) in [5.41, 5.74) is 0.190. The largest absolute Gasteiger partial charge is 0.294 e. The summed E-state index contributed by atoms with van der Waals surface area (Å²) in [4.78, 5) is 4.16. The number of aliphatic imine (C=N–C) groups is 1. The van der Waals surface area contributed by atoms with Crippen LogP contribution in [0.25, 0.3) is 0 Å². The summed E-state index contributed by atoms with van der Waals surface area (Å²) in [6, 6.07) is 0. The molecule has 0 radical (unpaired) electrons. The third kappa shape index (κ3) is 1.82. The Bertz CT molecular complexity index is 143. The van der Waals surface area contributed by atoms with E-state index in [0.29, 0.717) is 5.92 Å². The molecule has 0 rings (SSSR count). The Morgan fingerprint density at radius 3 is 1.55 bits per heavy atom. The number of nitrogens with zero attached hydrogens (tertiary/aromatic N) is 1. The van der Waals surface area contributed by atoms with Crippen LogP contribution in [-0.4, -0.2) is 12.3 Å². The van der Waals surface area contributed by atoms with Gasteiger partial charge in [-0.3, -0.25) is 4.99 Å². The molecule has 1 nitrogen and oxygen atoms in total. The van der Waals surface area contributed by atoms with Crippen molar-refractivity contribution < 1.29 is 0 Å². The molecule has 0 aromatic carbocycles. The van der Waals surface area contributed by atoms with E-state index in [0.717, 1.165) is 0 Å². The Morgan fingerprint density at radius 1 is 1.09 bits per heavy atom. The predicted molar refractivity (Wildman–Crippen MR) is 52.2 cm³/mol. The molecule has 0 saturated heterocycles. The van der Waals surface area contributed by atoms with Crippen LogP contribution in [0.2, 0.25) is 0 Å². The smallest absolute Gasteiger partial charge is 0.0598 e. The Kier molecular flexibility index (Phi) is 2.87. The lowest BCUT2D eigenvalue weighted by molar-refractivity contribution is 0.134. The zero-order chi connectivity index (χ0) is 9.28. The van der Waals surface area contributed by atoms with Gasteiger partial charge in [-0.25, -0.2) is 0 Å². The van der Waals surface area contributed by atoms with Gasteiger partial charge in [-0.1, -0.05) is 27.7 Å². The maximum absolute atomic E-state index is 4.16. The molecule has 0 fully saturated rings. The van der Waals surface area contributed by atoms with Crippen LogP contribution in [0.5, 0.6) is 0 Å². The molecular weight excluding hydrogens is 134 g/mol. The molecule has 0 heterocycles. The van der Waals surface area contributed by atoms with Crippen molar-refractivity contribution in [1.82, 2.24) is 0 Å². The highest BCUT2D eigenvalue weighted by atomic mass is 14.8. The first kappa shape index (κ1) is 10.7. The molecule has 0 aromatic rings. The summed E-state index contributed by atoms with van der Waals surface area (Å²) < 4.78 is 0. The Balaban J connectivity index is 4.66. The van der Waals surface area contributed by atoms with Crippen LogP contribution in [0.3, 0.4) is 0 Å². The zero-order valence-electron chi connectivity index (χ0n) is 8.73. The van der Waals surface area contributed by atoms with Gasteiger partial charge in [0.2, 0.25) is 0 Å². The maximum Gasteiger partial charge on any atom is 0.0598 e. The lowest BCUT2D eigenvalue weighted by Crippen LogP contribution is -2.41. The van der Waals surface area contributed by atoms with E-state index in [1.54, 1.807) is 0 Å². The molecule has 11 heavy (non-hydrogen) atoms. The highest BCUT2D eigenvalue weighted by molar-refractivity contribution is 5.26. The van der Waals surface area contributed by atoms with E-state index in [1.807, 2.05) is 0 Å². The van der Waals surface area contributed by atoms with E-state index >= 15 is 0 Å². The van der Waals surface area contributed by atoms with Gasteiger partial charge in [-0.2, -0.15) is 0 Å². The summed E-state index contributed by atoms with van der Waals surface area (Å²) in [5, 5.41) is 0. The highest BCUT2D eigenvalue weighted by Gasteiger charge is 2.38. The van der Waals surface area contributed by atoms with Gasteiger partial charge in [0.05, 0.1) is 5.54 Å². The van der Waals surface area contributed by atoms with Crippen LogP contribution in [0.4, 0.5) is 0 Å². The molecule has 0 aromatic heterocycles. The van der Waals surface area contributed by atoms with Crippen molar-refractivity contribution in [2.45, 2.75) is 47.1 Å². The average Bonchev–Trinajstić information content (AvgIpc) is 1.87. The van der Waals surface area contributed by atoms with Crippen molar-refractivity contribution >= 4 is 6.72 Å². The third-order valence-corrected chi connectivity index (χ3v) is 3.42. The molecule has 0 saturated carbocycles.